The zero-order valence-electron chi connectivity index (χ0n) is 14.8. The van der Waals surface area contributed by atoms with E-state index in [1.165, 1.54) is 64.2 Å². The fraction of sp³-hybridized carbons (Fsp3) is 1.00. The molecular weight excluding hydrogens is 268 g/mol. The van der Waals surface area contributed by atoms with E-state index < -0.39 is 0 Å². The molecule has 0 saturated heterocycles. The molecule has 4 saturated carbocycles. The van der Waals surface area contributed by atoms with Crippen LogP contribution in [0.25, 0.3) is 0 Å². The molecule has 7 atom stereocenters. The van der Waals surface area contributed by atoms with Gasteiger partial charge in [-0.05, 0) is 98.2 Å². The third kappa shape index (κ3) is 2.06. The molecule has 0 aliphatic heterocycles. The van der Waals surface area contributed by atoms with Crippen LogP contribution in [0.5, 0.6) is 0 Å². The molecular formula is C21H36O. The minimum absolute atomic E-state index is 0.404. The smallest absolute Gasteiger partial charge is 0.0433 e. The van der Waals surface area contributed by atoms with E-state index in [9.17, 15) is 5.11 Å². The molecule has 1 heteroatoms. The lowest BCUT2D eigenvalue weighted by Crippen LogP contribution is -2.52. The number of aliphatic hydroxyl groups is 1. The maximum absolute atomic E-state index is 9.46. The van der Waals surface area contributed by atoms with Gasteiger partial charge in [-0.1, -0.05) is 26.7 Å². The van der Waals surface area contributed by atoms with Gasteiger partial charge in [0.15, 0.2) is 0 Å². The van der Waals surface area contributed by atoms with Crippen molar-refractivity contribution in [3.05, 3.63) is 0 Å². The summed E-state index contributed by atoms with van der Waals surface area (Å²) in [5.41, 5.74) is 1.24. The van der Waals surface area contributed by atoms with Crippen LogP contribution in [-0.2, 0) is 0 Å². The Kier molecular flexibility index (Phi) is 3.87. The number of fused-ring (bicyclic) bond motifs is 5. The molecule has 22 heavy (non-hydrogen) atoms. The zero-order chi connectivity index (χ0) is 15.4. The summed E-state index contributed by atoms with van der Waals surface area (Å²) in [6.07, 6.45) is 15.9. The molecule has 0 aromatic carbocycles. The molecule has 1 nitrogen and oxygen atoms in total. The van der Waals surface area contributed by atoms with Crippen molar-refractivity contribution in [2.24, 2.45) is 40.4 Å². The number of aliphatic hydroxyl groups excluding tert-OH is 1. The molecule has 0 aromatic heterocycles. The Hall–Kier alpha value is -0.0400. The van der Waals surface area contributed by atoms with Crippen LogP contribution in [0.4, 0.5) is 0 Å². The van der Waals surface area contributed by atoms with Crippen molar-refractivity contribution >= 4 is 0 Å². The highest BCUT2D eigenvalue weighted by Gasteiger charge is 2.59. The lowest BCUT2D eigenvalue weighted by Gasteiger charge is -2.60. The summed E-state index contributed by atoms with van der Waals surface area (Å²) in [6, 6.07) is 0. The first-order chi connectivity index (χ1) is 10.6. The molecule has 0 spiro atoms. The average molecular weight is 305 g/mol. The van der Waals surface area contributed by atoms with Gasteiger partial charge < -0.3 is 5.11 Å². The summed E-state index contributed by atoms with van der Waals surface area (Å²) in [5.74, 6) is 4.86. The SMILES string of the molecule is CC12CCCCC1CCC1C2CC[C@]2(C)C(CCO)CCC12. The molecule has 0 bridgehead atoms. The maximum atomic E-state index is 9.46. The minimum Gasteiger partial charge on any atom is -0.396 e. The van der Waals surface area contributed by atoms with E-state index in [1.54, 1.807) is 0 Å². The Morgan fingerprint density at radius 2 is 1.64 bits per heavy atom. The third-order valence-electron chi connectivity index (χ3n) is 9.26. The molecule has 6 unspecified atom stereocenters. The van der Waals surface area contributed by atoms with Gasteiger partial charge in [-0.15, -0.1) is 0 Å². The van der Waals surface area contributed by atoms with Crippen LogP contribution in [0.3, 0.4) is 0 Å². The van der Waals surface area contributed by atoms with Crippen LogP contribution >= 0.6 is 0 Å². The minimum atomic E-state index is 0.404. The first kappa shape index (κ1) is 15.5. The van der Waals surface area contributed by atoms with Gasteiger partial charge in [-0.25, -0.2) is 0 Å². The fourth-order valence-electron chi connectivity index (χ4n) is 8.03. The summed E-state index contributed by atoms with van der Waals surface area (Å²) >= 11 is 0. The van der Waals surface area contributed by atoms with Gasteiger partial charge in [0.25, 0.3) is 0 Å². The second kappa shape index (κ2) is 5.50. The van der Waals surface area contributed by atoms with Crippen molar-refractivity contribution in [2.75, 3.05) is 6.61 Å². The Balaban J connectivity index is 1.59. The molecule has 4 aliphatic rings. The maximum Gasteiger partial charge on any atom is 0.0433 e. The number of rotatable bonds is 2. The Morgan fingerprint density at radius 3 is 2.45 bits per heavy atom. The van der Waals surface area contributed by atoms with Crippen molar-refractivity contribution in [2.45, 2.75) is 84.5 Å². The molecule has 4 aliphatic carbocycles. The van der Waals surface area contributed by atoms with E-state index in [2.05, 4.69) is 13.8 Å². The topological polar surface area (TPSA) is 20.2 Å². The van der Waals surface area contributed by atoms with Crippen molar-refractivity contribution in [1.82, 2.24) is 0 Å². The fourth-order valence-corrected chi connectivity index (χ4v) is 8.03. The summed E-state index contributed by atoms with van der Waals surface area (Å²) < 4.78 is 0. The largest absolute Gasteiger partial charge is 0.396 e. The highest BCUT2D eigenvalue weighted by Crippen LogP contribution is 2.67. The standard InChI is InChI=1S/C21H36O/c1-20-12-4-3-5-15(20)6-8-17-18-9-7-16(11-14-22)21(18,2)13-10-19(17)20/h15-19,22H,3-14H2,1-2H3/t15?,16?,17?,18?,19?,20?,21-/m1/s1. The average Bonchev–Trinajstić information content (AvgIpc) is 2.84. The van der Waals surface area contributed by atoms with Crippen LogP contribution in [0.1, 0.15) is 84.5 Å². The van der Waals surface area contributed by atoms with Crippen molar-refractivity contribution in [3.8, 4) is 0 Å². The first-order valence-electron chi connectivity index (χ1n) is 10.2. The molecule has 0 heterocycles. The molecule has 1 N–H and O–H groups in total. The van der Waals surface area contributed by atoms with E-state index in [1.807, 2.05) is 0 Å². The van der Waals surface area contributed by atoms with Crippen LogP contribution in [-0.4, -0.2) is 11.7 Å². The van der Waals surface area contributed by atoms with Crippen LogP contribution in [0.2, 0.25) is 0 Å². The predicted octanol–water partition coefficient (Wildman–Crippen LogP) is 5.42. The lowest BCUT2D eigenvalue weighted by molar-refractivity contribution is -0.111. The second-order valence-corrected chi connectivity index (χ2v) is 9.73. The first-order valence-corrected chi connectivity index (χ1v) is 10.2. The molecule has 0 aromatic rings. The summed E-state index contributed by atoms with van der Waals surface area (Å²) in [5, 5.41) is 9.46. The Morgan fingerprint density at radius 1 is 0.818 bits per heavy atom. The van der Waals surface area contributed by atoms with Crippen LogP contribution in [0.15, 0.2) is 0 Å². The van der Waals surface area contributed by atoms with Gasteiger partial charge in [0, 0.05) is 6.61 Å². The number of hydrogen-bond donors (Lipinski definition) is 1. The quantitative estimate of drug-likeness (QED) is 0.722. The molecule has 4 rings (SSSR count). The van der Waals surface area contributed by atoms with Gasteiger partial charge in [0.1, 0.15) is 0 Å². The van der Waals surface area contributed by atoms with E-state index in [-0.39, 0.29) is 0 Å². The second-order valence-electron chi connectivity index (χ2n) is 9.73. The van der Waals surface area contributed by atoms with Crippen molar-refractivity contribution in [3.63, 3.8) is 0 Å². The van der Waals surface area contributed by atoms with Gasteiger partial charge in [0.05, 0.1) is 0 Å². The molecule has 4 fully saturated rings. The van der Waals surface area contributed by atoms with Crippen LogP contribution < -0.4 is 0 Å². The van der Waals surface area contributed by atoms with Crippen molar-refractivity contribution in [1.29, 1.82) is 0 Å². The van der Waals surface area contributed by atoms with Crippen molar-refractivity contribution < 1.29 is 5.11 Å². The van der Waals surface area contributed by atoms with Gasteiger partial charge in [-0.2, -0.15) is 0 Å². The van der Waals surface area contributed by atoms with Crippen LogP contribution in [0, 0.1) is 40.4 Å². The molecule has 0 radical (unpaired) electrons. The van der Waals surface area contributed by atoms with Gasteiger partial charge >= 0.3 is 0 Å². The highest BCUT2D eigenvalue weighted by molar-refractivity contribution is 5.08. The van der Waals surface area contributed by atoms with E-state index in [4.69, 9.17) is 0 Å². The van der Waals surface area contributed by atoms with E-state index in [0.29, 0.717) is 17.4 Å². The molecule has 0 amide bonds. The molecule has 126 valence electrons. The van der Waals surface area contributed by atoms with Gasteiger partial charge in [0.2, 0.25) is 0 Å². The van der Waals surface area contributed by atoms with Gasteiger partial charge in [-0.3, -0.25) is 0 Å². The van der Waals surface area contributed by atoms with E-state index >= 15 is 0 Å². The summed E-state index contributed by atoms with van der Waals surface area (Å²) in [4.78, 5) is 0. The zero-order valence-corrected chi connectivity index (χ0v) is 14.8. The number of hydrogen-bond acceptors (Lipinski definition) is 1. The highest BCUT2D eigenvalue weighted by atomic mass is 16.3. The van der Waals surface area contributed by atoms with E-state index in [0.717, 1.165) is 36.0 Å². The Labute approximate surface area is 137 Å². The third-order valence-corrected chi connectivity index (χ3v) is 9.26. The summed E-state index contributed by atoms with van der Waals surface area (Å²) in [7, 11) is 0. The normalized spacial score (nSPS) is 54.4. The monoisotopic (exact) mass is 304 g/mol. The summed E-state index contributed by atoms with van der Waals surface area (Å²) in [6.45, 7) is 5.67. The Bertz CT molecular complexity index is 418. The predicted molar refractivity (Wildman–Crippen MR) is 91.5 cm³/mol. The lowest BCUT2D eigenvalue weighted by atomic mass is 9.45.